The Balaban J connectivity index is 1.82. The van der Waals surface area contributed by atoms with Gasteiger partial charge in [0, 0.05) is 19.0 Å². The topological polar surface area (TPSA) is 86.8 Å². The first kappa shape index (κ1) is 34.0. The van der Waals surface area contributed by atoms with E-state index in [4.69, 9.17) is 23.2 Å². The van der Waals surface area contributed by atoms with Crippen molar-refractivity contribution in [3.05, 3.63) is 130 Å². The fourth-order valence-electron chi connectivity index (χ4n) is 4.91. The van der Waals surface area contributed by atoms with Gasteiger partial charge < -0.3 is 10.2 Å². The number of carbonyl (C=O) groups is 2. The Morgan fingerprint density at radius 3 is 2.07 bits per heavy atom. The van der Waals surface area contributed by atoms with Crippen molar-refractivity contribution in [1.29, 1.82) is 0 Å². The van der Waals surface area contributed by atoms with Crippen molar-refractivity contribution >= 4 is 50.7 Å². The summed E-state index contributed by atoms with van der Waals surface area (Å²) in [7, 11) is -4.17. The minimum atomic E-state index is -4.17. The monoisotopic (exact) mass is 665 g/mol. The molecule has 0 unspecified atom stereocenters. The number of para-hydroxylation sites is 1. The third-order valence-corrected chi connectivity index (χ3v) is 10.1. The van der Waals surface area contributed by atoms with E-state index in [1.807, 2.05) is 44.2 Å². The van der Waals surface area contributed by atoms with Crippen LogP contribution in [0.5, 0.6) is 0 Å². The summed E-state index contributed by atoms with van der Waals surface area (Å²) >= 11 is 12.5. The van der Waals surface area contributed by atoms with E-state index in [0.29, 0.717) is 33.3 Å². The van der Waals surface area contributed by atoms with E-state index in [2.05, 4.69) is 5.32 Å². The molecule has 10 heteroatoms. The molecule has 0 radical (unpaired) electrons. The maximum atomic E-state index is 14.5. The molecule has 0 aliphatic heterocycles. The van der Waals surface area contributed by atoms with Gasteiger partial charge in [-0.1, -0.05) is 103 Å². The number of amides is 2. The number of hydrogen-bond donors (Lipinski definition) is 1. The van der Waals surface area contributed by atoms with Gasteiger partial charge in [0.05, 0.1) is 20.6 Å². The number of nitrogens with one attached hydrogen (secondary N) is 1. The number of halogens is 2. The van der Waals surface area contributed by atoms with Gasteiger partial charge in [0.15, 0.2) is 0 Å². The van der Waals surface area contributed by atoms with Crippen LogP contribution in [0.15, 0.2) is 108 Å². The molecule has 1 N–H and O–H groups in total. The van der Waals surface area contributed by atoms with Gasteiger partial charge in [-0.05, 0) is 67.3 Å². The van der Waals surface area contributed by atoms with Gasteiger partial charge in [-0.25, -0.2) is 8.42 Å². The highest BCUT2D eigenvalue weighted by molar-refractivity contribution is 7.92. The van der Waals surface area contributed by atoms with Crippen molar-refractivity contribution in [1.82, 2.24) is 10.2 Å². The van der Waals surface area contributed by atoms with Crippen molar-refractivity contribution in [2.45, 2.75) is 57.1 Å². The molecule has 2 atom stereocenters. The molecule has 0 saturated heterocycles. The van der Waals surface area contributed by atoms with Crippen LogP contribution in [0.25, 0.3) is 0 Å². The Morgan fingerprint density at radius 2 is 1.44 bits per heavy atom. The predicted molar refractivity (Wildman–Crippen MR) is 181 cm³/mol. The molecular formula is C35H37Cl2N3O4S. The first-order valence-corrected chi connectivity index (χ1v) is 16.9. The molecule has 0 aromatic heterocycles. The van der Waals surface area contributed by atoms with Crippen LogP contribution in [0.1, 0.15) is 37.0 Å². The first-order chi connectivity index (χ1) is 21.5. The molecule has 0 aliphatic carbocycles. The molecule has 0 aliphatic rings. The summed E-state index contributed by atoms with van der Waals surface area (Å²) in [5.74, 6) is -0.890. The average molecular weight is 667 g/mol. The highest BCUT2D eigenvalue weighted by Crippen LogP contribution is 2.28. The second-order valence-corrected chi connectivity index (χ2v) is 13.6. The summed E-state index contributed by atoms with van der Waals surface area (Å²) in [6, 6.07) is 28.3. The third-order valence-electron chi connectivity index (χ3n) is 7.60. The van der Waals surface area contributed by atoms with E-state index >= 15 is 0 Å². The van der Waals surface area contributed by atoms with Crippen LogP contribution in [0, 0.1) is 6.92 Å². The van der Waals surface area contributed by atoms with Crippen LogP contribution in [-0.2, 0) is 32.6 Å². The summed E-state index contributed by atoms with van der Waals surface area (Å²) in [5, 5.41) is 3.69. The lowest BCUT2D eigenvalue weighted by Crippen LogP contribution is -2.54. The lowest BCUT2D eigenvalue weighted by atomic mass is 10.0. The molecule has 0 saturated carbocycles. The van der Waals surface area contributed by atoms with Gasteiger partial charge in [0.25, 0.3) is 10.0 Å². The predicted octanol–water partition coefficient (Wildman–Crippen LogP) is 7.05. The highest BCUT2D eigenvalue weighted by Gasteiger charge is 2.35. The maximum absolute atomic E-state index is 14.5. The van der Waals surface area contributed by atoms with Gasteiger partial charge >= 0.3 is 0 Å². The van der Waals surface area contributed by atoms with E-state index in [1.165, 1.54) is 17.0 Å². The lowest BCUT2D eigenvalue weighted by molar-refractivity contribution is -0.140. The second-order valence-electron chi connectivity index (χ2n) is 10.9. The highest BCUT2D eigenvalue weighted by atomic mass is 35.5. The Hall–Kier alpha value is -3.85. The van der Waals surface area contributed by atoms with Crippen molar-refractivity contribution in [2.75, 3.05) is 10.8 Å². The quantitative estimate of drug-likeness (QED) is 0.166. The summed E-state index contributed by atoms with van der Waals surface area (Å²) in [5.41, 5.74) is 2.53. The number of nitrogens with zero attached hydrogens (tertiary/aromatic N) is 2. The maximum Gasteiger partial charge on any atom is 0.264 e. The van der Waals surface area contributed by atoms with E-state index in [0.717, 1.165) is 9.87 Å². The van der Waals surface area contributed by atoms with Gasteiger partial charge in [-0.15, -0.1) is 0 Å². The fourth-order valence-corrected chi connectivity index (χ4v) is 6.73. The van der Waals surface area contributed by atoms with Crippen LogP contribution < -0.4 is 9.62 Å². The van der Waals surface area contributed by atoms with Crippen LogP contribution in [0.3, 0.4) is 0 Å². The number of sulfonamides is 1. The zero-order valence-electron chi connectivity index (χ0n) is 25.5. The number of anilines is 1. The Morgan fingerprint density at radius 1 is 0.822 bits per heavy atom. The molecular weight excluding hydrogens is 629 g/mol. The molecule has 45 heavy (non-hydrogen) atoms. The summed E-state index contributed by atoms with van der Waals surface area (Å²) < 4.78 is 29.3. The molecule has 4 aromatic rings. The average Bonchev–Trinajstić information content (AvgIpc) is 3.04. The minimum absolute atomic E-state index is 0.00581. The van der Waals surface area contributed by atoms with Crippen molar-refractivity contribution < 1.29 is 18.0 Å². The Bertz CT molecular complexity index is 1720. The number of aryl methyl sites for hydroxylation is 1. The zero-order chi connectivity index (χ0) is 32.6. The van der Waals surface area contributed by atoms with Gasteiger partial charge in [-0.3, -0.25) is 13.9 Å². The van der Waals surface area contributed by atoms with Crippen molar-refractivity contribution in [3.63, 3.8) is 0 Å². The Labute approximate surface area is 275 Å². The summed E-state index contributed by atoms with van der Waals surface area (Å²) in [6.45, 7) is 5.11. The number of hydrogen-bond acceptors (Lipinski definition) is 4. The van der Waals surface area contributed by atoms with Crippen molar-refractivity contribution in [2.24, 2.45) is 0 Å². The lowest BCUT2D eigenvalue weighted by Gasteiger charge is -2.34. The first-order valence-electron chi connectivity index (χ1n) is 14.7. The molecule has 0 bridgehead atoms. The standard InChI is InChI=1S/C35H37Cl2N3O4S/c1-4-26(3)38-35(42)33(22-27-14-7-5-8-15-27)39(23-28-19-20-30(36)31(37)21-28)34(41)24-40(32-18-12-11-13-25(32)2)45(43,44)29-16-9-6-10-17-29/h5-21,26,33H,4,22-24H2,1-3H3,(H,38,42)/t26-,33-/m1/s1. The van der Waals surface area contributed by atoms with E-state index < -0.39 is 28.5 Å². The van der Waals surface area contributed by atoms with Crippen LogP contribution in [-0.4, -0.2) is 43.8 Å². The largest absolute Gasteiger partial charge is 0.352 e. The molecule has 236 valence electrons. The van der Waals surface area contributed by atoms with Crippen LogP contribution in [0.4, 0.5) is 5.69 Å². The number of rotatable bonds is 13. The normalized spacial score (nSPS) is 12.6. The molecule has 2 amide bonds. The third kappa shape index (κ3) is 8.66. The number of benzene rings is 4. The van der Waals surface area contributed by atoms with E-state index in [9.17, 15) is 18.0 Å². The van der Waals surface area contributed by atoms with E-state index in [1.54, 1.807) is 67.6 Å². The van der Waals surface area contributed by atoms with E-state index in [-0.39, 0.29) is 29.8 Å². The fraction of sp³-hybridized carbons (Fsp3) is 0.257. The minimum Gasteiger partial charge on any atom is -0.352 e. The van der Waals surface area contributed by atoms with Gasteiger partial charge in [0.1, 0.15) is 12.6 Å². The SMILES string of the molecule is CC[C@@H](C)NC(=O)[C@@H](Cc1ccccc1)N(Cc1ccc(Cl)c(Cl)c1)C(=O)CN(c1ccccc1C)S(=O)(=O)c1ccccc1. The van der Waals surface area contributed by atoms with Crippen molar-refractivity contribution in [3.8, 4) is 0 Å². The molecule has 0 spiro atoms. The van der Waals surface area contributed by atoms with Gasteiger partial charge in [0.2, 0.25) is 11.8 Å². The van der Waals surface area contributed by atoms with Crippen LogP contribution >= 0.6 is 23.2 Å². The molecule has 0 heterocycles. The Kier molecular flexibility index (Phi) is 11.7. The van der Waals surface area contributed by atoms with Crippen LogP contribution in [0.2, 0.25) is 10.0 Å². The summed E-state index contributed by atoms with van der Waals surface area (Å²) in [4.78, 5) is 30.0. The second kappa shape index (κ2) is 15.4. The van der Waals surface area contributed by atoms with Gasteiger partial charge in [-0.2, -0.15) is 0 Å². The zero-order valence-corrected chi connectivity index (χ0v) is 27.8. The molecule has 4 rings (SSSR count). The smallest absolute Gasteiger partial charge is 0.264 e. The molecule has 7 nitrogen and oxygen atoms in total. The summed E-state index contributed by atoms with van der Waals surface area (Å²) in [6.07, 6.45) is 0.910. The molecule has 0 fully saturated rings. The number of carbonyl (C=O) groups excluding carboxylic acids is 2. The molecule has 4 aromatic carbocycles.